The Balaban J connectivity index is 2.02. The van der Waals surface area contributed by atoms with Gasteiger partial charge in [0, 0.05) is 0 Å². The van der Waals surface area contributed by atoms with Crippen LogP contribution in [0, 0.1) is 11.3 Å². The summed E-state index contributed by atoms with van der Waals surface area (Å²) in [6, 6.07) is 0. The van der Waals surface area contributed by atoms with Crippen LogP contribution in [0.3, 0.4) is 0 Å². The van der Waals surface area contributed by atoms with Gasteiger partial charge < -0.3 is 4.74 Å². The zero-order valence-electron chi connectivity index (χ0n) is 7.35. The van der Waals surface area contributed by atoms with E-state index in [1.54, 1.807) is 5.57 Å². The van der Waals surface area contributed by atoms with Crippen LogP contribution in [0.2, 0.25) is 0 Å². The summed E-state index contributed by atoms with van der Waals surface area (Å²) in [5.74, 6) is 0.850. The first-order chi connectivity index (χ1) is 5.04. The summed E-state index contributed by atoms with van der Waals surface area (Å²) in [5.41, 5.74) is 2.31. The van der Waals surface area contributed by atoms with E-state index in [0.29, 0.717) is 11.5 Å². The Morgan fingerprint density at radius 2 is 2.18 bits per heavy atom. The smallest absolute Gasteiger partial charge is 0.110 e. The van der Waals surface area contributed by atoms with Crippen molar-refractivity contribution >= 4 is 0 Å². The quantitative estimate of drug-likeness (QED) is 0.380. The molecule has 0 amide bonds. The molecule has 2 fully saturated rings. The zero-order chi connectivity index (χ0) is 7.85. The van der Waals surface area contributed by atoms with Crippen LogP contribution in [0.25, 0.3) is 0 Å². The predicted molar refractivity (Wildman–Crippen MR) is 43.2 cm³/mol. The number of fused-ring (bicyclic) bond motifs is 2. The fourth-order valence-corrected chi connectivity index (χ4v) is 2.59. The molecule has 0 bridgehead atoms. The van der Waals surface area contributed by atoms with Crippen molar-refractivity contribution in [2.45, 2.75) is 38.9 Å². The van der Waals surface area contributed by atoms with Gasteiger partial charge in [-0.1, -0.05) is 25.5 Å². The molecule has 60 valence electrons. The molecular formula is C10H14O. The maximum absolute atomic E-state index is 5.58. The molecule has 1 saturated heterocycles. The predicted octanol–water partition coefficient (Wildman–Crippen LogP) is 2.13. The van der Waals surface area contributed by atoms with Gasteiger partial charge in [-0.15, -0.1) is 0 Å². The lowest BCUT2D eigenvalue weighted by atomic mass is 9.98. The Bertz CT molecular complexity index is 264. The third-order valence-corrected chi connectivity index (χ3v) is 3.78. The van der Waals surface area contributed by atoms with E-state index in [2.05, 4.69) is 26.8 Å². The number of rotatable bonds is 0. The highest BCUT2D eigenvalue weighted by Crippen LogP contribution is 2.67. The van der Waals surface area contributed by atoms with E-state index < -0.39 is 0 Å². The van der Waals surface area contributed by atoms with Crippen molar-refractivity contribution in [3.63, 3.8) is 0 Å². The number of ether oxygens (including phenoxy) is 1. The van der Waals surface area contributed by atoms with Gasteiger partial charge in [0.05, 0.1) is 6.10 Å². The Kier molecular flexibility index (Phi) is 0.742. The summed E-state index contributed by atoms with van der Waals surface area (Å²) in [7, 11) is 0. The summed E-state index contributed by atoms with van der Waals surface area (Å²) in [4.78, 5) is 0. The second-order valence-electron chi connectivity index (χ2n) is 4.90. The number of hydrogen-bond donors (Lipinski definition) is 0. The monoisotopic (exact) mass is 150 g/mol. The molecule has 1 heteroatoms. The molecule has 11 heavy (non-hydrogen) atoms. The van der Waals surface area contributed by atoms with E-state index in [4.69, 9.17) is 4.74 Å². The van der Waals surface area contributed by atoms with Crippen molar-refractivity contribution in [1.29, 1.82) is 0 Å². The van der Waals surface area contributed by atoms with E-state index in [1.807, 2.05) is 0 Å². The van der Waals surface area contributed by atoms with Gasteiger partial charge in [0.1, 0.15) is 5.60 Å². The van der Waals surface area contributed by atoms with Crippen LogP contribution in [0.15, 0.2) is 11.6 Å². The Hall–Kier alpha value is -0.300. The first kappa shape index (κ1) is 6.24. The molecule has 0 aromatic heterocycles. The third-order valence-electron chi connectivity index (χ3n) is 3.78. The summed E-state index contributed by atoms with van der Waals surface area (Å²) < 4.78 is 5.58. The topological polar surface area (TPSA) is 12.5 Å². The van der Waals surface area contributed by atoms with Gasteiger partial charge in [-0.05, 0) is 24.7 Å². The molecule has 0 aromatic rings. The van der Waals surface area contributed by atoms with Crippen molar-refractivity contribution in [3.8, 4) is 0 Å². The van der Waals surface area contributed by atoms with Crippen molar-refractivity contribution < 1.29 is 4.74 Å². The van der Waals surface area contributed by atoms with Crippen LogP contribution >= 0.6 is 0 Å². The second-order valence-corrected chi connectivity index (χ2v) is 4.90. The largest absolute Gasteiger partial charge is 0.362 e. The molecule has 3 aliphatic rings. The Morgan fingerprint density at radius 1 is 1.45 bits per heavy atom. The third kappa shape index (κ3) is 0.572. The molecule has 1 nitrogen and oxygen atoms in total. The maximum Gasteiger partial charge on any atom is 0.110 e. The second kappa shape index (κ2) is 1.31. The van der Waals surface area contributed by atoms with E-state index in [-0.39, 0.29) is 5.60 Å². The molecule has 3 atom stereocenters. The van der Waals surface area contributed by atoms with Gasteiger partial charge in [-0.3, -0.25) is 0 Å². The number of hydrogen-bond acceptors (Lipinski definition) is 1. The van der Waals surface area contributed by atoms with Crippen molar-refractivity contribution in [1.82, 2.24) is 0 Å². The Labute approximate surface area is 67.4 Å². The number of epoxide rings is 1. The summed E-state index contributed by atoms with van der Waals surface area (Å²) >= 11 is 0. The minimum absolute atomic E-state index is 0.152. The lowest BCUT2D eigenvalue weighted by Crippen LogP contribution is -2.09. The van der Waals surface area contributed by atoms with E-state index >= 15 is 0 Å². The molecule has 0 radical (unpaired) electrons. The standard InChI is InChI=1S/C10H14O/c1-9(2)6-4-8-10(3,11-8)5-7(6)9/h5-6,8H,4H2,1-3H3/t6-,8-,10?/m0/s1. The fourth-order valence-electron chi connectivity index (χ4n) is 2.59. The summed E-state index contributed by atoms with van der Waals surface area (Å²) in [5, 5.41) is 0. The van der Waals surface area contributed by atoms with Crippen LogP contribution in [0.4, 0.5) is 0 Å². The SMILES string of the molecule is CC12C=C3[C@H](C[C@@H]1O2)C3(C)C. The highest BCUT2D eigenvalue weighted by Gasteiger charge is 2.65. The molecule has 3 rings (SSSR count). The highest BCUT2D eigenvalue weighted by molar-refractivity contribution is 5.44. The molecule has 0 aromatic carbocycles. The molecule has 1 saturated carbocycles. The molecule has 2 aliphatic carbocycles. The highest BCUT2D eigenvalue weighted by atomic mass is 16.6. The van der Waals surface area contributed by atoms with Gasteiger partial charge in [-0.25, -0.2) is 0 Å². The van der Waals surface area contributed by atoms with Crippen LogP contribution in [-0.2, 0) is 4.74 Å². The van der Waals surface area contributed by atoms with E-state index in [9.17, 15) is 0 Å². The maximum atomic E-state index is 5.58. The zero-order valence-corrected chi connectivity index (χ0v) is 7.35. The first-order valence-electron chi connectivity index (χ1n) is 4.45. The van der Waals surface area contributed by atoms with Gasteiger partial charge >= 0.3 is 0 Å². The van der Waals surface area contributed by atoms with Gasteiger partial charge in [-0.2, -0.15) is 0 Å². The Morgan fingerprint density at radius 3 is 2.82 bits per heavy atom. The van der Waals surface area contributed by atoms with Gasteiger partial charge in [0.2, 0.25) is 0 Å². The molecule has 0 spiro atoms. The van der Waals surface area contributed by atoms with Crippen molar-refractivity contribution in [2.24, 2.45) is 11.3 Å². The molecular weight excluding hydrogens is 136 g/mol. The summed E-state index contributed by atoms with van der Waals surface area (Å²) in [6.07, 6.45) is 4.19. The van der Waals surface area contributed by atoms with E-state index in [1.165, 1.54) is 6.42 Å². The van der Waals surface area contributed by atoms with Gasteiger partial charge in [0.25, 0.3) is 0 Å². The average Bonchev–Trinajstić information content (AvgIpc) is 2.68. The van der Waals surface area contributed by atoms with Gasteiger partial charge in [0.15, 0.2) is 0 Å². The van der Waals surface area contributed by atoms with Crippen LogP contribution in [0.5, 0.6) is 0 Å². The van der Waals surface area contributed by atoms with Crippen molar-refractivity contribution in [3.05, 3.63) is 11.6 Å². The molecule has 0 N–H and O–H groups in total. The summed E-state index contributed by atoms with van der Waals surface area (Å²) in [6.45, 7) is 6.89. The minimum atomic E-state index is 0.152. The molecule has 1 unspecified atom stereocenters. The van der Waals surface area contributed by atoms with Crippen LogP contribution in [-0.4, -0.2) is 11.7 Å². The van der Waals surface area contributed by atoms with E-state index in [0.717, 1.165) is 5.92 Å². The first-order valence-corrected chi connectivity index (χ1v) is 4.45. The molecule has 1 aliphatic heterocycles. The minimum Gasteiger partial charge on any atom is -0.362 e. The van der Waals surface area contributed by atoms with Crippen LogP contribution in [0.1, 0.15) is 27.2 Å². The lowest BCUT2D eigenvalue weighted by Gasteiger charge is -2.01. The van der Waals surface area contributed by atoms with Crippen LogP contribution < -0.4 is 0 Å². The molecule has 1 heterocycles. The normalized spacial score (nSPS) is 55.7. The number of allylic oxidation sites excluding steroid dienone is 1. The van der Waals surface area contributed by atoms with Crippen molar-refractivity contribution in [2.75, 3.05) is 0 Å². The fraction of sp³-hybridized carbons (Fsp3) is 0.800. The average molecular weight is 150 g/mol. The lowest BCUT2D eigenvalue weighted by molar-refractivity contribution is 0.330.